The van der Waals surface area contributed by atoms with Gasteiger partial charge < -0.3 is 42.6 Å². The van der Waals surface area contributed by atoms with E-state index in [0.717, 1.165) is 17.5 Å². The van der Waals surface area contributed by atoms with E-state index in [4.69, 9.17) is 32.8 Å². The fourth-order valence-corrected chi connectivity index (χ4v) is 7.56. The van der Waals surface area contributed by atoms with Crippen molar-refractivity contribution in [3.63, 3.8) is 0 Å². The number of aryl methyl sites for hydroxylation is 3. The number of methoxy groups -OCH3 is 6. The zero-order valence-electron chi connectivity index (χ0n) is 41.0. The van der Waals surface area contributed by atoms with Gasteiger partial charge in [-0.15, -0.1) is 10.2 Å². The van der Waals surface area contributed by atoms with Crippen LogP contribution in [0.1, 0.15) is 115 Å². The van der Waals surface area contributed by atoms with Crippen LogP contribution in [0.3, 0.4) is 0 Å². The van der Waals surface area contributed by atoms with E-state index in [1.54, 1.807) is 66.1 Å². The zero-order valence-corrected chi connectivity index (χ0v) is 41.0. The summed E-state index contributed by atoms with van der Waals surface area (Å²) in [6.45, 7) is 11.6. The maximum Gasteiger partial charge on any atom is 0.291 e. The van der Waals surface area contributed by atoms with Gasteiger partial charge in [0.1, 0.15) is 12.1 Å². The van der Waals surface area contributed by atoms with Gasteiger partial charge in [0, 0.05) is 36.8 Å². The van der Waals surface area contributed by atoms with Gasteiger partial charge in [-0.3, -0.25) is 39.6 Å². The number of nitrogens with zero attached hydrogens (tertiary/aromatic N) is 4. The summed E-state index contributed by atoms with van der Waals surface area (Å²) in [5, 5.41) is 8.36. The molecule has 5 rings (SSSR count). The zero-order chi connectivity index (χ0) is 49.6. The van der Waals surface area contributed by atoms with Crippen molar-refractivity contribution >= 4 is 35.2 Å². The highest BCUT2D eigenvalue weighted by Crippen LogP contribution is 2.40. The third kappa shape index (κ3) is 12.9. The van der Waals surface area contributed by atoms with Crippen molar-refractivity contribution in [2.45, 2.75) is 118 Å². The van der Waals surface area contributed by atoms with Gasteiger partial charge in [0.2, 0.25) is 40.8 Å². The highest BCUT2D eigenvalue weighted by Gasteiger charge is 2.42. The number of likely N-dealkylation sites (tertiary alicyclic amines) is 2. The van der Waals surface area contributed by atoms with Crippen LogP contribution < -0.4 is 39.3 Å². The first kappa shape index (κ1) is 53.2. The molecule has 4 amide bonds. The Morgan fingerprint density at radius 2 is 1.09 bits per heavy atom. The summed E-state index contributed by atoms with van der Waals surface area (Å²) in [6.07, 6.45) is 5.23. The molecule has 2 aliphatic heterocycles. The molecular weight excluding hydrogens is 869 g/mol. The molecule has 0 aliphatic carbocycles. The van der Waals surface area contributed by atoms with Crippen LogP contribution in [0, 0.1) is 10.8 Å². The van der Waals surface area contributed by atoms with E-state index in [9.17, 15) is 28.8 Å². The van der Waals surface area contributed by atoms with Crippen molar-refractivity contribution in [3.8, 4) is 34.5 Å². The quantitative estimate of drug-likeness (QED) is 0.108. The number of ketones is 2. The Hall–Kier alpha value is -6.40. The molecule has 2 fully saturated rings. The van der Waals surface area contributed by atoms with Crippen LogP contribution in [0.25, 0.3) is 0 Å². The van der Waals surface area contributed by atoms with Crippen molar-refractivity contribution in [2.24, 2.45) is 10.8 Å². The maximum atomic E-state index is 12.9. The largest absolute Gasteiger partial charge is 0.493 e. The van der Waals surface area contributed by atoms with E-state index in [2.05, 4.69) is 21.0 Å². The number of nitrogens with one attached hydrogen (secondary N) is 2. The topological polar surface area (TPSA) is 227 Å². The first-order valence-electron chi connectivity index (χ1n) is 22.5. The lowest BCUT2D eigenvalue weighted by molar-refractivity contribution is -0.151. The molecule has 19 nitrogen and oxygen atoms in total. The molecule has 2 aromatic carbocycles. The van der Waals surface area contributed by atoms with Crippen molar-refractivity contribution < 1.29 is 61.6 Å². The fraction of sp³-hybridized carbons (Fsp3) is 0.583. The van der Waals surface area contributed by atoms with Gasteiger partial charge >= 0.3 is 0 Å². The number of aromatic nitrogens is 2. The number of rotatable bonds is 20. The fourth-order valence-electron chi connectivity index (χ4n) is 7.56. The molecule has 3 aromatic rings. The van der Waals surface area contributed by atoms with Crippen LogP contribution >= 0.6 is 0 Å². The monoisotopic (exact) mass is 936 g/mol. The number of carbonyl (C=O) groups is 6. The van der Waals surface area contributed by atoms with Crippen LogP contribution in [-0.2, 0) is 48.0 Å². The lowest BCUT2D eigenvalue weighted by atomic mass is 9.84. The Balaban J connectivity index is 0.000000293. The summed E-state index contributed by atoms with van der Waals surface area (Å²) in [5.41, 5.74) is 5.06. The van der Waals surface area contributed by atoms with Gasteiger partial charge in [0.05, 0.1) is 42.7 Å². The average molecular weight is 937 g/mol. The number of Topliss-reactive ketones (excluding diaryl/α,β-unsaturated/α-hetero) is 2. The summed E-state index contributed by atoms with van der Waals surface area (Å²) in [5.74, 6) is 1.04. The molecule has 3 heterocycles. The van der Waals surface area contributed by atoms with Crippen molar-refractivity contribution in [1.82, 2.24) is 30.8 Å². The average Bonchev–Trinajstić information content (AvgIpc) is 4.15. The predicted molar refractivity (Wildman–Crippen MR) is 245 cm³/mol. The number of amides is 4. The lowest BCUT2D eigenvalue weighted by Crippen LogP contribution is -2.53. The number of carbonyl (C=O) groups excluding carboxylic acids is 6. The number of hydrogen-bond donors (Lipinski definition) is 2. The molecule has 2 saturated heterocycles. The van der Waals surface area contributed by atoms with Gasteiger partial charge in [-0.1, -0.05) is 41.5 Å². The molecular formula is C48H68N6O13. The van der Waals surface area contributed by atoms with Gasteiger partial charge in [0.15, 0.2) is 23.0 Å². The number of ether oxygens (including phenoxy) is 6. The minimum absolute atomic E-state index is 0.0927. The molecule has 0 bridgehead atoms. The van der Waals surface area contributed by atoms with Crippen LogP contribution in [0.5, 0.6) is 34.5 Å². The Morgan fingerprint density at radius 3 is 1.57 bits per heavy atom. The SMILES string of the molecule is CCC(C)(C)C(=O)C(=O)N1CCC[C@H]1C(=O)NNC(=O)CCc1cc(OC)c(OC)c(OC)c1.CCC(C)(C)C(=O)C(=O)N1CCC[C@H]1c1nnc(CCc2cc(OC)c(OC)c(OC)c2)o1. The van der Waals surface area contributed by atoms with Crippen LogP contribution in [-0.4, -0.2) is 117 Å². The number of hydrazine groups is 1. The highest BCUT2D eigenvalue weighted by molar-refractivity contribution is 6.38. The number of benzene rings is 2. The second kappa shape index (κ2) is 23.9. The van der Waals surface area contributed by atoms with Gasteiger partial charge in [-0.2, -0.15) is 0 Å². The molecule has 1 aromatic heterocycles. The van der Waals surface area contributed by atoms with Crippen LogP contribution in [0.15, 0.2) is 28.7 Å². The Morgan fingerprint density at radius 1 is 0.627 bits per heavy atom. The first-order chi connectivity index (χ1) is 31.8. The second-order valence-corrected chi connectivity index (χ2v) is 17.6. The third-order valence-electron chi connectivity index (χ3n) is 12.5. The smallest absolute Gasteiger partial charge is 0.291 e. The molecule has 368 valence electrons. The molecule has 0 spiro atoms. The highest BCUT2D eigenvalue weighted by atomic mass is 16.5. The molecule has 0 radical (unpaired) electrons. The second-order valence-electron chi connectivity index (χ2n) is 17.6. The molecule has 0 saturated carbocycles. The number of hydrogen-bond acceptors (Lipinski definition) is 15. The standard InChI is InChI=1S/C24H35N3O7.C24H33N3O6/c1-7-24(2,3)21(29)23(31)27-12-8-9-16(27)22(30)26-25-19(28)11-10-15-13-17(32-4)20(34-6)18(14-15)33-5;1-7-24(2,3)21(28)23(29)27-12-8-9-16(27)22-26-25-19(33-22)11-10-15-13-17(30-4)20(32-6)18(14-15)31-5/h13-14,16H,7-12H2,1-6H3,(H,25,28)(H,26,30);13-14,16H,7-12H2,1-6H3/t2*16-/m00/s1. The molecule has 2 aliphatic rings. The van der Waals surface area contributed by atoms with Crippen molar-refractivity contribution in [1.29, 1.82) is 0 Å². The molecule has 0 unspecified atom stereocenters. The van der Waals surface area contributed by atoms with E-state index in [0.29, 0.717) is 111 Å². The summed E-state index contributed by atoms with van der Waals surface area (Å²) < 4.78 is 38.0. The van der Waals surface area contributed by atoms with Crippen molar-refractivity contribution in [3.05, 3.63) is 47.2 Å². The minimum Gasteiger partial charge on any atom is -0.493 e. The van der Waals surface area contributed by atoms with E-state index < -0.39 is 46.3 Å². The van der Waals surface area contributed by atoms with E-state index >= 15 is 0 Å². The Labute approximate surface area is 392 Å². The molecule has 67 heavy (non-hydrogen) atoms. The van der Waals surface area contributed by atoms with E-state index in [1.807, 2.05) is 26.0 Å². The van der Waals surface area contributed by atoms with Gasteiger partial charge in [-0.25, -0.2) is 0 Å². The van der Waals surface area contributed by atoms with E-state index in [1.165, 1.54) is 26.2 Å². The molecule has 19 heteroatoms. The van der Waals surface area contributed by atoms with Gasteiger partial charge in [-0.05, 0) is 86.8 Å². The summed E-state index contributed by atoms with van der Waals surface area (Å²) in [7, 11) is 9.25. The third-order valence-corrected chi connectivity index (χ3v) is 12.5. The molecule has 2 N–H and O–H groups in total. The summed E-state index contributed by atoms with van der Waals surface area (Å²) in [6, 6.07) is 6.12. The van der Waals surface area contributed by atoms with Crippen LogP contribution in [0.2, 0.25) is 0 Å². The predicted octanol–water partition coefficient (Wildman–Crippen LogP) is 5.34. The maximum absolute atomic E-state index is 12.9. The van der Waals surface area contributed by atoms with E-state index in [-0.39, 0.29) is 18.2 Å². The Kier molecular flexibility index (Phi) is 19.0. The minimum atomic E-state index is -0.792. The first-order valence-corrected chi connectivity index (χ1v) is 22.5. The Bertz CT molecular complexity index is 2190. The van der Waals surface area contributed by atoms with Crippen LogP contribution in [0.4, 0.5) is 0 Å². The molecule has 2 atom stereocenters. The lowest BCUT2D eigenvalue weighted by Gasteiger charge is -2.27. The summed E-state index contributed by atoms with van der Waals surface area (Å²) >= 11 is 0. The van der Waals surface area contributed by atoms with Crippen molar-refractivity contribution in [2.75, 3.05) is 55.7 Å². The van der Waals surface area contributed by atoms with Gasteiger partial charge in [0.25, 0.3) is 17.7 Å². The normalized spacial score (nSPS) is 15.8. The summed E-state index contributed by atoms with van der Waals surface area (Å²) in [4.78, 5) is 78.6.